The highest BCUT2D eigenvalue weighted by Crippen LogP contribution is 1.76. The van der Waals surface area contributed by atoms with Crippen LogP contribution in [0.2, 0.25) is 0 Å². The second-order valence-corrected chi connectivity index (χ2v) is 2.51. The second-order valence-electron chi connectivity index (χ2n) is 1.06. The average Bonchev–Trinajstić information content (AvgIpc) is 1.30. The van der Waals surface area contributed by atoms with Gasteiger partial charge in [-0.1, -0.05) is 6.08 Å². The van der Waals surface area contributed by atoms with Crippen LogP contribution in [0.5, 0.6) is 0 Å². The maximum atomic E-state index is 9.92. The van der Waals surface area contributed by atoms with Crippen molar-refractivity contribution >= 4 is 10.0 Å². The Morgan fingerprint density at radius 3 is 2.00 bits per heavy atom. The molecule has 0 unspecified atom stereocenters. The van der Waals surface area contributed by atoms with Crippen LogP contribution in [0, 0.1) is 0 Å². The van der Waals surface area contributed by atoms with Crippen molar-refractivity contribution in [1.29, 1.82) is 0 Å². The predicted molar refractivity (Wildman–Crippen MR) is 27.9 cm³/mol. The summed E-state index contributed by atoms with van der Waals surface area (Å²) >= 11 is 0. The lowest BCUT2D eigenvalue weighted by molar-refractivity contribution is 0.606. The largest absolute Gasteiger partial charge is 0.230 e. The quantitative estimate of drug-likeness (QED) is 0.522. The molecule has 0 aliphatic rings. The lowest BCUT2D eigenvalue weighted by Crippen LogP contribution is -2.06. The zero-order valence-corrected chi connectivity index (χ0v) is 4.77. The maximum Gasteiger partial charge on any atom is 0.230 e. The van der Waals surface area contributed by atoms with Gasteiger partial charge in [-0.15, -0.1) is 0 Å². The minimum atomic E-state index is -3.35. The number of sulfonamides is 1. The molecule has 3 nitrogen and oxygen atoms in total. The first-order valence-corrected chi connectivity index (χ1v) is 3.32. The van der Waals surface area contributed by atoms with Crippen molar-refractivity contribution < 1.29 is 8.42 Å². The molecule has 0 rings (SSSR count). The summed E-state index contributed by atoms with van der Waals surface area (Å²) in [5.74, 6) is 0. The van der Waals surface area contributed by atoms with E-state index in [1.165, 1.54) is 6.08 Å². The van der Waals surface area contributed by atoms with Crippen molar-refractivity contribution in [3.63, 3.8) is 0 Å². The smallest absolute Gasteiger partial charge is 0.225 e. The highest BCUT2D eigenvalue weighted by Gasteiger charge is 1.87. The number of hydrogen-bond acceptors (Lipinski definition) is 2. The Bertz CT molecular complexity index is 156. The second kappa shape index (κ2) is 2.09. The summed E-state index contributed by atoms with van der Waals surface area (Å²) in [6.45, 7) is 1.59. The van der Waals surface area contributed by atoms with E-state index in [1.807, 2.05) is 0 Å². The molecule has 0 spiro atoms. The third-order valence-corrected chi connectivity index (χ3v) is 0.977. The van der Waals surface area contributed by atoms with E-state index in [0.29, 0.717) is 0 Å². The molecule has 0 aromatic heterocycles. The molecule has 0 aliphatic carbocycles. The normalized spacial score (nSPS) is 12.9. The van der Waals surface area contributed by atoms with Gasteiger partial charge in [-0.05, 0) is 6.92 Å². The first kappa shape index (κ1) is 6.65. The molecular formula is C3H7NO2S. The van der Waals surface area contributed by atoms with Crippen LogP contribution in [-0.4, -0.2) is 8.42 Å². The maximum absolute atomic E-state index is 9.92. The van der Waals surface area contributed by atoms with Crippen LogP contribution in [0.15, 0.2) is 11.5 Å². The molecule has 4 heteroatoms. The molecule has 0 saturated carbocycles. The molecule has 0 aliphatic heterocycles. The Labute approximate surface area is 42.9 Å². The summed E-state index contributed by atoms with van der Waals surface area (Å²) in [5.41, 5.74) is 0. The van der Waals surface area contributed by atoms with Gasteiger partial charge in [0.15, 0.2) is 0 Å². The Morgan fingerprint density at radius 2 is 2.00 bits per heavy atom. The SMILES string of the molecule is C/C=C\S(N)(=O)=O. The van der Waals surface area contributed by atoms with Crippen LogP contribution in [0.1, 0.15) is 6.92 Å². The van der Waals surface area contributed by atoms with Crippen molar-refractivity contribution in [3.05, 3.63) is 11.5 Å². The molecule has 0 bridgehead atoms. The molecular weight excluding hydrogens is 114 g/mol. The van der Waals surface area contributed by atoms with Gasteiger partial charge in [-0.2, -0.15) is 0 Å². The standard InChI is InChI=1S/C3H7NO2S/c1-2-3-7(4,5)6/h2-3H,1H3,(H2,4,5,6)/b3-2-. The van der Waals surface area contributed by atoms with E-state index < -0.39 is 10.0 Å². The van der Waals surface area contributed by atoms with Gasteiger partial charge in [0.1, 0.15) is 0 Å². The molecule has 0 aromatic rings. The number of primary sulfonamides is 1. The summed E-state index contributed by atoms with van der Waals surface area (Å²) < 4.78 is 19.8. The molecule has 0 heterocycles. The monoisotopic (exact) mass is 121 g/mol. The number of rotatable bonds is 1. The fourth-order valence-electron chi connectivity index (χ4n) is 0.190. The van der Waals surface area contributed by atoms with Gasteiger partial charge in [0.25, 0.3) is 0 Å². The summed E-state index contributed by atoms with van der Waals surface area (Å²) in [4.78, 5) is 0. The fourth-order valence-corrected chi connectivity index (χ4v) is 0.569. The van der Waals surface area contributed by atoms with Gasteiger partial charge in [0, 0.05) is 5.41 Å². The predicted octanol–water partition coefficient (Wildman–Crippen LogP) is -0.191. The van der Waals surface area contributed by atoms with Crippen LogP contribution in [0.4, 0.5) is 0 Å². The Balaban J connectivity index is 4.13. The third-order valence-electron chi connectivity index (χ3n) is 0.326. The van der Waals surface area contributed by atoms with E-state index in [4.69, 9.17) is 0 Å². The summed E-state index contributed by atoms with van der Waals surface area (Å²) in [6.07, 6.45) is 1.37. The minimum Gasteiger partial charge on any atom is -0.225 e. The zero-order valence-electron chi connectivity index (χ0n) is 3.96. The molecule has 0 aromatic carbocycles. The number of hydrogen-bond donors (Lipinski definition) is 1. The van der Waals surface area contributed by atoms with E-state index in [1.54, 1.807) is 6.92 Å². The lowest BCUT2D eigenvalue weighted by atomic mass is 10.8. The van der Waals surface area contributed by atoms with Crippen molar-refractivity contribution in [2.75, 3.05) is 0 Å². The van der Waals surface area contributed by atoms with Crippen molar-refractivity contribution in [3.8, 4) is 0 Å². The van der Waals surface area contributed by atoms with E-state index in [-0.39, 0.29) is 0 Å². The van der Waals surface area contributed by atoms with E-state index in [2.05, 4.69) is 5.14 Å². The van der Waals surface area contributed by atoms with Crippen molar-refractivity contribution in [2.24, 2.45) is 5.14 Å². The van der Waals surface area contributed by atoms with Crippen LogP contribution in [-0.2, 0) is 10.0 Å². The van der Waals surface area contributed by atoms with E-state index >= 15 is 0 Å². The van der Waals surface area contributed by atoms with E-state index in [0.717, 1.165) is 5.41 Å². The average molecular weight is 121 g/mol. The van der Waals surface area contributed by atoms with Gasteiger partial charge in [0.05, 0.1) is 0 Å². The Morgan fingerprint density at radius 1 is 1.57 bits per heavy atom. The molecule has 0 fully saturated rings. The van der Waals surface area contributed by atoms with Gasteiger partial charge >= 0.3 is 0 Å². The van der Waals surface area contributed by atoms with Crippen LogP contribution in [0.3, 0.4) is 0 Å². The van der Waals surface area contributed by atoms with Crippen LogP contribution in [0.25, 0.3) is 0 Å². The van der Waals surface area contributed by atoms with Crippen molar-refractivity contribution in [2.45, 2.75) is 6.92 Å². The molecule has 0 atom stereocenters. The summed E-state index contributed by atoms with van der Waals surface area (Å²) in [6, 6.07) is 0. The molecule has 42 valence electrons. The van der Waals surface area contributed by atoms with E-state index in [9.17, 15) is 8.42 Å². The highest BCUT2D eigenvalue weighted by molar-refractivity contribution is 7.92. The zero-order chi connectivity index (χ0) is 5.91. The first-order valence-electron chi connectivity index (χ1n) is 1.72. The van der Waals surface area contributed by atoms with Crippen molar-refractivity contribution in [1.82, 2.24) is 0 Å². The number of nitrogens with two attached hydrogens (primary N) is 1. The van der Waals surface area contributed by atoms with Gasteiger partial charge < -0.3 is 0 Å². The first-order chi connectivity index (χ1) is 3.06. The molecule has 0 amide bonds. The molecule has 0 radical (unpaired) electrons. The van der Waals surface area contributed by atoms with Gasteiger partial charge in [-0.25, -0.2) is 13.6 Å². The van der Waals surface area contributed by atoms with Crippen LogP contribution < -0.4 is 5.14 Å². The lowest BCUT2D eigenvalue weighted by Gasteiger charge is -1.78. The Hall–Kier alpha value is -0.350. The third kappa shape index (κ3) is 5.65. The minimum absolute atomic E-state index is 0.938. The number of allylic oxidation sites excluding steroid dienone is 1. The van der Waals surface area contributed by atoms with Crippen LogP contribution >= 0.6 is 0 Å². The Kier molecular flexibility index (Phi) is 1.98. The summed E-state index contributed by atoms with van der Waals surface area (Å²) in [7, 11) is -3.35. The fraction of sp³-hybridized carbons (Fsp3) is 0.333. The topological polar surface area (TPSA) is 60.2 Å². The summed E-state index contributed by atoms with van der Waals surface area (Å²) in [5, 5.41) is 5.47. The van der Waals surface area contributed by atoms with Gasteiger partial charge in [-0.3, -0.25) is 0 Å². The molecule has 7 heavy (non-hydrogen) atoms. The highest BCUT2D eigenvalue weighted by atomic mass is 32.2. The molecule has 0 saturated heterocycles. The molecule has 2 N–H and O–H groups in total. The van der Waals surface area contributed by atoms with Gasteiger partial charge in [0.2, 0.25) is 10.0 Å².